The molecule has 0 rings (SSSR count). The van der Waals surface area contributed by atoms with E-state index in [1.54, 1.807) is 0 Å². The molecule has 0 saturated carbocycles. The topological polar surface area (TPSA) is 107 Å². The van der Waals surface area contributed by atoms with Gasteiger partial charge in [-0.05, 0) is 12.8 Å². The van der Waals surface area contributed by atoms with Gasteiger partial charge in [0, 0.05) is 41.7 Å². The summed E-state index contributed by atoms with van der Waals surface area (Å²) in [6.45, 7) is 2.40. The molecule has 1 radical (unpaired) electrons. The number of carbonyl (C=O) groups excluding carboxylic acids is 2. The first-order valence-electron chi connectivity index (χ1n) is 10.8. The predicted octanol–water partition coefficient (Wildman–Crippen LogP) is 4.23. The molecule has 0 aromatic heterocycles. The Balaban J connectivity index is 0. The van der Waals surface area contributed by atoms with E-state index in [0.29, 0.717) is 6.61 Å². The van der Waals surface area contributed by atoms with Gasteiger partial charge >= 0.3 is 11.9 Å². The van der Waals surface area contributed by atoms with Crippen LogP contribution >= 0.6 is 0 Å². The summed E-state index contributed by atoms with van der Waals surface area (Å²) < 4.78 is 39.2. The number of rotatable bonds is 19. The molecule has 7 nitrogen and oxygen atoms in total. The van der Waals surface area contributed by atoms with Crippen molar-refractivity contribution in [2.24, 2.45) is 0 Å². The fourth-order valence-corrected chi connectivity index (χ4v) is 3.24. The summed E-state index contributed by atoms with van der Waals surface area (Å²) in [6, 6.07) is 0. The van der Waals surface area contributed by atoms with E-state index in [9.17, 15) is 18.0 Å². The van der Waals surface area contributed by atoms with E-state index < -0.39 is 27.8 Å². The summed E-state index contributed by atoms with van der Waals surface area (Å²) in [5.41, 5.74) is 0. The molecule has 0 aliphatic rings. The van der Waals surface area contributed by atoms with Crippen LogP contribution in [-0.2, 0) is 29.2 Å². The molecule has 0 aromatic rings. The van der Waals surface area contributed by atoms with Crippen LogP contribution in [0.15, 0.2) is 12.2 Å². The molecule has 0 saturated heterocycles. The number of ether oxygens (including phenoxy) is 2. The molecule has 0 aromatic carbocycles. The minimum atomic E-state index is -4.06. The van der Waals surface area contributed by atoms with Crippen molar-refractivity contribution in [3.8, 4) is 0 Å². The van der Waals surface area contributed by atoms with E-state index in [2.05, 4.69) is 6.92 Å². The Labute approximate surface area is 204 Å². The summed E-state index contributed by atoms with van der Waals surface area (Å²) in [6.07, 6.45) is 16.7. The van der Waals surface area contributed by atoms with Crippen molar-refractivity contribution >= 4 is 51.6 Å². The summed E-state index contributed by atoms with van der Waals surface area (Å²) >= 11 is 0. The van der Waals surface area contributed by atoms with Crippen LogP contribution in [0.1, 0.15) is 90.4 Å². The third-order valence-corrected chi connectivity index (χ3v) is 5.19. The van der Waals surface area contributed by atoms with Crippen molar-refractivity contribution < 1.29 is 32.0 Å². The van der Waals surface area contributed by atoms with Crippen molar-refractivity contribution in [1.29, 1.82) is 0 Å². The number of hydrogen-bond donors (Lipinski definition) is 1. The molecule has 0 aliphatic heterocycles. The quantitative estimate of drug-likeness (QED) is 0.102. The first-order valence-corrected chi connectivity index (χ1v) is 12.4. The molecule has 1 N–H and O–H groups in total. The van der Waals surface area contributed by atoms with E-state index in [0.717, 1.165) is 31.4 Å². The van der Waals surface area contributed by atoms with Crippen LogP contribution < -0.4 is 0 Å². The smallest absolute Gasteiger partial charge is 0.331 e. The van der Waals surface area contributed by atoms with E-state index >= 15 is 0 Å². The molecular formula is C21H38NaO7S. The Kier molecular flexibility index (Phi) is 23.1. The molecule has 0 aliphatic carbocycles. The van der Waals surface area contributed by atoms with Crippen molar-refractivity contribution in [2.45, 2.75) is 90.4 Å². The van der Waals surface area contributed by atoms with Crippen LogP contribution in [0.3, 0.4) is 0 Å². The number of hydrogen-bond acceptors (Lipinski definition) is 6. The second-order valence-electron chi connectivity index (χ2n) is 7.20. The fourth-order valence-electron chi connectivity index (χ4n) is 2.76. The molecule has 0 unspecified atom stereocenters. The van der Waals surface area contributed by atoms with Gasteiger partial charge in [0.05, 0.1) is 19.0 Å². The molecule has 0 amide bonds. The summed E-state index contributed by atoms with van der Waals surface area (Å²) in [5.74, 6) is -1.85. The molecule has 0 fully saturated rings. The summed E-state index contributed by atoms with van der Waals surface area (Å²) in [5, 5.41) is 0. The van der Waals surface area contributed by atoms with Gasteiger partial charge in [0.15, 0.2) is 0 Å². The number of unbranched alkanes of at least 4 members (excludes halogenated alkanes) is 11. The summed E-state index contributed by atoms with van der Waals surface area (Å²) in [7, 11) is -4.06. The van der Waals surface area contributed by atoms with E-state index in [1.165, 1.54) is 57.8 Å². The molecule has 171 valence electrons. The van der Waals surface area contributed by atoms with Crippen LogP contribution in [-0.4, -0.2) is 73.4 Å². The average molecular weight is 458 g/mol. The maximum absolute atomic E-state index is 11.5. The Hall–Kier alpha value is -0.410. The maximum atomic E-state index is 11.5. The molecule has 0 atom stereocenters. The number of carbonyl (C=O) groups is 2. The van der Waals surface area contributed by atoms with Crippen molar-refractivity contribution in [1.82, 2.24) is 0 Å². The molecule has 0 heterocycles. The van der Waals surface area contributed by atoms with Gasteiger partial charge in [0.2, 0.25) is 0 Å². The van der Waals surface area contributed by atoms with Gasteiger partial charge in [-0.2, -0.15) is 8.42 Å². The zero-order valence-corrected chi connectivity index (χ0v) is 21.6. The molecule has 30 heavy (non-hydrogen) atoms. The second kappa shape index (κ2) is 21.8. The van der Waals surface area contributed by atoms with Crippen LogP contribution in [0.4, 0.5) is 0 Å². The largest absolute Gasteiger partial charge is 0.463 e. The Bertz CT molecular complexity index is 562. The fraction of sp³-hybridized carbons (Fsp3) is 0.810. The van der Waals surface area contributed by atoms with Gasteiger partial charge in [0.1, 0.15) is 0 Å². The number of esters is 2. The molecule has 0 spiro atoms. The SMILES string of the molecule is CCCCCCCCCCCCCCOC(=O)/C=C\C(=O)OCCCS(=O)(=O)O.[Na]. The van der Waals surface area contributed by atoms with Gasteiger partial charge in [-0.15, -0.1) is 0 Å². The normalized spacial score (nSPS) is 11.3. The van der Waals surface area contributed by atoms with Gasteiger partial charge in [-0.25, -0.2) is 9.59 Å². The monoisotopic (exact) mass is 457 g/mol. The Morgan fingerprint density at radius 3 is 1.47 bits per heavy atom. The zero-order valence-electron chi connectivity index (χ0n) is 18.8. The minimum Gasteiger partial charge on any atom is -0.463 e. The predicted molar refractivity (Wildman–Crippen MR) is 119 cm³/mol. The zero-order chi connectivity index (χ0) is 21.8. The van der Waals surface area contributed by atoms with E-state index in [4.69, 9.17) is 14.0 Å². The minimum absolute atomic E-state index is 0. The maximum Gasteiger partial charge on any atom is 0.331 e. The van der Waals surface area contributed by atoms with Crippen molar-refractivity contribution in [2.75, 3.05) is 19.0 Å². The van der Waals surface area contributed by atoms with Crippen LogP contribution in [0, 0.1) is 0 Å². The average Bonchev–Trinajstić information content (AvgIpc) is 2.66. The second-order valence-corrected chi connectivity index (χ2v) is 8.77. The Morgan fingerprint density at radius 2 is 1.07 bits per heavy atom. The van der Waals surface area contributed by atoms with Crippen molar-refractivity contribution in [3.05, 3.63) is 12.2 Å². The molecule has 9 heteroatoms. The van der Waals surface area contributed by atoms with Crippen LogP contribution in [0.25, 0.3) is 0 Å². The van der Waals surface area contributed by atoms with Gasteiger partial charge in [-0.3, -0.25) is 4.55 Å². The van der Waals surface area contributed by atoms with Gasteiger partial charge in [0.25, 0.3) is 10.1 Å². The Morgan fingerprint density at radius 1 is 0.700 bits per heavy atom. The third-order valence-electron chi connectivity index (χ3n) is 4.39. The summed E-state index contributed by atoms with van der Waals surface area (Å²) in [4.78, 5) is 22.8. The van der Waals surface area contributed by atoms with Gasteiger partial charge in [-0.1, -0.05) is 77.6 Å². The van der Waals surface area contributed by atoms with Crippen molar-refractivity contribution in [3.63, 3.8) is 0 Å². The molecule has 0 bridgehead atoms. The third kappa shape index (κ3) is 25.6. The van der Waals surface area contributed by atoms with E-state index in [-0.39, 0.29) is 42.6 Å². The van der Waals surface area contributed by atoms with Gasteiger partial charge < -0.3 is 9.47 Å². The first kappa shape index (κ1) is 31.8. The van der Waals surface area contributed by atoms with Crippen LogP contribution in [0.5, 0.6) is 0 Å². The molecular weight excluding hydrogens is 419 g/mol. The van der Waals surface area contributed by atoms with E-state index in [1.807, 2.05) is 0 Å². The standard InChI is InChI=1S/C21H38O7S.Na/c1-2-3-4-5-6-7-8-9-10-11-12-13-17-27-20(22)15-16-21(23)28-18-14-19-29(24,25)26;/h15-16H,2-14,17-19H2,1H3,(H,24,25,26);/b16-15-;. The first-order chi connectivity index (χ1) is 13.8. The van der Waals surface area contributed by atoms with Crippen LogP contribution in [0.2, 0.25) is 0 Å².